The maximum Gasteiger partial charge on any atom is 0.129 e. The van der Waals surface area contributed by atoms with Crippen molar-refractivity contribution in [1.29, 1.82) is 0 Å². The maximum absolute atomic E-state index is 5.38. The summed E-state index contributed by atoms with van der Waals surface area (Å²) >= 11 is 3.42. The van der Waals surface area contributed by atoms with E-state index < -0.39 is 0 Å². The fourth-order valence-corrected chi connectivity index (χ4v) is 2.35. The van der Waals surface area contributed by atoms with Crippen molar-refractivity contribution in [2.75, 3.05) is 18.5 Å². The largest absolute Gasteiger partial charge is 0.381 e. The molecule has 0 unspecified atom stereocenters. The van der Waals surface area contributed by atoms with Gasteiger partial charge in [-0.3, -0.25) is 0 Å². The van der Waals surface area contributed by atoms with Crippen molar-refractivity contribution in [2.45, 2.75) is 32.2 Å². The molecule has 2 heterocycles. The van der Waals surface area contributed by atoms with Crippen molar-refractivity contribution in [3.63, 3.8) is 0 Å². The summed E-state index contributed by atoms with van der Waals surface area (Å²) in [5.74, 6) is 0.979. The van der Waals surface area contributed by atoms with Crippen LogP contribution in [0.15, 0.2) is 16.7 Å². The van der Waals surface area contributed by atoms with E-state index in [0.29, 0.717) is 0 Å². The average molecular weight is 285 g/mol. The monoisotopic (exact) mass is 284 g/mol. The summed E-state index contributed by atoms with van der Waals surface area (Å²) in [6.07, 6.45) is 3.90. The van der Waals surface area contributed by atoms with Crippen LogP contribution in [0, 0.1) is 6.92 Å². The number of rotatable bonds is 2. The lowest BCUT2D eigenvalue weighted by Crippen LogP contribution is -2.41. The molecule has 0 atom stereocenters. The van der Waals surface area contributed by atoms with E-state index in [4.69, 9.17) is 4.74 Å². The molecular formula is C12H17BrN2O. The number of hydrogen-bond donors (Lipinski definition) is 1. The number of anilines is 1. The van der Waals surface area contributed by atoms with E-state index in [1.165, 1.54) is 5.56 Å². The first-order valence-electron chi connectivity index (χ1n) is 5.57. The Morgan fingerprint density at radius 2 is 2.12 bits per heavy atom. The lowest BCUT2D eigenvalue weighted by molar-refractivity contribution is 0.0657. The van der Waals surface area contributed by atoms with E-state index >= 15 is 0 Å². The lowest BCUT2D eigenvalue weighted by Gasteiger charge is -2.35. The van der Waals surface area contributed by atoms with Crippen molar-refractivity contribution in [3.8, 4) is 0 Å². The third kappa shape index (κ3) is 2.74. The van der Waals surface area contributed by atoms with Gasteiger partial charge in [-0.15, -0.1) is 0 Å². The normalized spacial score (nSPS) is 19.4. The topological polar surface area (TPSA) is 34.2 Å². The third-order valence-electron chi connectivity index (χ3n) is 3.06. The SMILES string of the molecule is Cc1cc(Br)cnc1NC1(C)CCOCC1. The predicted molar refractivity (Wildman–Crippen MR) is 68.8 cm³/mol. The van der Waals surface area contributed by atoms with Gasteiger partial charge in [0.15, 0.2) is 0 Å². The molecule has 0 aliphatic carbocycles. The van der Waals surface area contributed by atoms with Gasteiger partial charge in [0.1, 0.15) is 5.82 Å². The lowest BCUT2D eigenvalue weighted by atomic mass is 9.92. The quantitative estimate of drug-likeness (QED) is 0.906. The highest BCUT2D eigenvalue weighted by Gasteiger charge is 2.27. The van der Waals surface area contributed by atoms with E-state index in [1.54, 1.807) is 0 Å². The Balaban J connectivity index is 2.13. The van der Waals surface area contributed by atoms with Crippen LogP contribution in [-0.2, 0) is 4.74 Å². The predicted octanol–water partition coefficient (Wildman–Crippen LogP) is 3.13. The zero-order chi connectivity index (χ0) is 11.6. The van der Waals surface area contributed by atoms with Crippen LogP contribution in [0.5, 0.6) is 0 Å². The first kappa shape index (κ1) is 11.9. The Kier molecular flexibility index (Phi) is 3.50. The molecule has 1 aromatic rings. The molecule has 2 rings (SSSR count). The van der Waals surface area contributed by atoms with Crippen LogP contribution in [0.2, 0.25) is 0 Å². The zero-order valence-corrected chi connectivity index (χ0v) is 11.3. The molecule has 1 fully saturated rings. The summed E-state index contributed by atoms with van der Waals surface area (Å²) in [6.45, 7) is 5.97. The Morgan fingerprint density at radius 3 is 2.75 bits per heavy atom. The smallest absolute Gasteiger partial charge is 0.129 e. The molecule has 16 heavy (non-hydrogen) atoms. The molecule has 0 spiro atoms. The van der Waals surface area contributed by atoms with Crippen LogP contribution in [0.4, 0.5) is 5.82 Å². The van der Waals surface area contributed by atoms with Gasteiger partial charge in [-0.1, -0.05) is 0 Å². The first-order valence-corrected chi connectivity index (χ1v) is 6.36. The molecular weight excluding hydrogens is 268 g/mol. The van der Waals surface area contributed by atoms with Crippen LogP contribution < -0.4 is 5.32 Å². The van der Waals surface area contributed by atoms with Gasteiger partial charge in [0.25, 0.3) is 0 Å². The van der Waals surface area contributed by atoms with Gasteiger partial charge in [-0.25, -0.2) is 4.98 Å². The standard InChI is InChI=1S/C12H17BrN2O/c1-9-7-10(13)8-14-11(9)15-12(2)3-5-16-6-4-12/h7-8H,3-6H2,1-2H3,(H,14,15). The minimum atomic E-state index is 0.115. The Hall–Kier alpha value is -0.610. The van der Waals surface area contributed by atoms with Gasteiger partial charge in [0.05, 0.1) is 0 Å². The molecule has 0 saturated carbocycles. The number of aryl methyl sites for hydroxylation is 1. The average Bonchev–Trinajstić information content (AvgIpc) is 2.23. The van der Waals surface area contributed by atoms with Crippen LogP contribution in [0.3, 0.4) is 0 Å². The van der Waals surface area contributed by atoms with Crippen LogP contribution in [0.1, 0.15) is 25.3 Å². The maximum atomic E-state index is 5.38. The summed E-state index contributed by atoms with van der Waals surface area (Å²) < 4.78 is 6.41. The van der Waals surface area contributed by atoms with Gasteiger partial charge in [0, 0.05) is 29.4 Å². The van der Waals surface area contributed by atoms with Crippen LogP contribution in [-0.4, -0.2) is 23.7 Å². The molecule has 0 radical (unpaired) electrons. The van der Waals surface area contributed by atoms with Crippen molar-refractivity contribution in [3.05, 3.63) is 22.3 Å². The number of nitrogens with one attached hydrogen (secondary N) is 1. The highest BCUT2D eigenvalue weighted by atomic mass is 79.9. The summed E-state index contributed by atoms with van der Waals surface area (Å²) in [5.41, 5.74) is 1.28. The van der Waals surface area contributed by atoms with E-state index in [-0.39, 0.29) is 5.54 Å². The highest BCUT2D eigenvalue weighted by Crippen LogP contribution is 2.26. The molecule has 1 aromatic heterocycles. The van der Waals surface area contributed by atoms with Crippen LogP contribution >= 0.6 is 15.9 Å². The van der Waals surface area contributed by atoms with E-state index in [0.717, 1.165) is 36.3 Å². The minimum absolute atomic E-state index is 0.115. The fourth-order valence-electron chi connectivity index (χ4n) is 1.90. The van der Waals surface area contributed by atoms with Crippen molar-refractivity contribution < 1.29 is 4.74 Å². The molecule has 3 nitrogen and oxygen atoms in total. The second kappa shape index (κ2) is 4.72. The van der Waals surface area contributed by atoms with Gasteiger partial charge < -0.3 is 10.1 Å². The van der Waals surface area contributed by atoms with Crippen molar-refractivity contribution in [1.82, 2.24) is 4.98 Å². The molecule has 0 aromatic carbocycles. The molecule has 0 amide bonds. The van der Waals surface area contributed by atoms with E-state index in [2.05, 4.69) is 46.1 Å². The minimum Gasteiger partial charge on any atom is -0.381 e. The number of ether oxygens (including phenoxy) is 1. The molecule has 4 heteroatoms. The number of pyridine rings is 1. The van der Waals surface area contributed by atoms with Gasteiger partial charge in [-0.2, -0.15) is 0 Å². The fraction of sp³-hybridized carbons (Fsp3) is 0.583. The second-order valence-electron chi connectivity index (χ2n) is 4.62. The molecule has 1 N–H and O–H groups in total. The van der Waals surface area contributed by atoms with Crippen molar-refractivity contribution >= 4 is 21.7 Å². The van der Waals surface area contributed by atoms with Gasteiger partial charge in [0.2, 0.25) is 0 Å². The number of aromatic nitrogens is 1. The molecule has 1 aliphatic rings. The number of halogens is 1. The van der Waals surface area contributed by atoms with E-state index in [9.17, 15) is 0 Å². The summed E-state index contributed by atoms with van der Waals surface area (Å²) in [5, 5.41) is 3.54. The molecule has 88 valence electrons. The summed E-state index contributed by atoms with van der Waals surface area (Å²) in [6, 6.07) is 2.08. The number of nitrogens with zero attached hydrogens (tertiary/aromatic N) is 1. The number of hydrogen-bond acceptors (Lipinski definition) is 3. The third-order valence-corrected chi connectivity index (χ3v) is 3.50. The van der Waals surface area contributed by atoms with Crippen molar-refractivity contribution in [2.24, 2.45) is 0 Å². The second-order valence-corrected chi connectivity index (χ2v) is 5.53. The van der Waals surface area contributed by atoms with Gasteiger partial charge in [-0.05, 0) is 54.2 Å². The summed E-state index contributed by atoms with van der Waals surface area (Å²) in [4.78, 5) is 4.42. The van der Waals surface area contributed by atoms with Crippen LogP contribution in [0.25, 0.3) is 0 Å². The molecule has 1 saturated heterocycles. The first-order chi connectivity index (χ1) is 7.59. The Labute approximate surface area is 105 Å². The Morgan fingerprint density at radius 1 is 1.44 bits per heavy atom. The summed E-state index contributed by atoms with van der Waals surface area (Å²) in [7, 11) is 0. The molecule has 1 aliphatic heterocycles. The van der Waals surface area contributed by atoms with E-state index in [1.807, 2.05) is 6.20 Å². The highest BCUT2D eigenvalue weighted by molar-refractivity contribution is 9.10. The Bertz CT molecular complexity index is 375. The molecule has 0 bridgehead atoms. The zero-order valence-electron chi connectivity index (χ0n) is 9.72. The van der Waals surface area contributed by atoms with Gasteiger partial charge >= 0.3 is 0 Å².